The maximum absolute atomic E-state index is 13.5. The van der Waals surface area contributed by atoms with Crippen molar-refractivity contribution in [1.82, 2.24) is 9.55 Å². The van der Waals surface area contributed by atoms with Crippen LogP contribution in [0.3, 0.4) is 0 Å². The Labute approximate surface area is 173 Å². The Morgan fingerprint density at radius 1 is 1.32 bits per heavy atom. The Kier molecular flexibility index (Phi) is 5.69. The van der Waals surface area contributed by atoms with Crippen molar-refractivity contribution in [2.45, 2.75) is 51.2 Å². The normalized spacial score (nSPS) is 16.3. The highest BCUT2D eigenvalue weighted by molar-refractivity contribution is 7.99. The molecule has 1 aliphatic rings. The second-order valence-electron chi connectivity index (χ2n) is 7.61. The van der Waals surface area contributed by atoms with Crippen LogP contribution in [-0.2, 0) is 30.6 Å². The third-order valence-corrected chi connectivity index (χ3v) is 7.52. The molecule has 146 valence electrons. The Balaban J connectivity index is 1.77. The van der Waals surface area contributed by atoms with Crippen molar-refractivity contribution >= 4 is 39.1 Å². The zero-order valence-corrected chi connectivity index (χ0v) is 17.9. The number of hydrogen-bond donors (Lipinski definition) is 0. The highest BCUT2D eigenvalue weighted by Gasteiger charge is 2.24. The van der Waals surface area contributed by atoms with E-state index in [2.05, 4.69) is 19.1 Å². The molecule has 6 heteroatoms. The van der Waals surface area contributed by atoms with E-state index in [1.807, 2.05) is 18.2 Å². The van der Waals surface area contributed by atoms with Gasteiger partial charge in [-0.05, 0) is 49.7 Å². The largest absolute Gasteiger partial charge is 0.299 e. The lowest BCUT2D eigenvalue weighted by atomic mass is 9.89. The Morgan fingerprint density at radius 2 is 2.11 bits per heavy atom. The van der Waals surface area contributed by atoms with Gasteiger partial charge in [0.05, 0.1) is 11.1 Å². The van der Waals surface area contributed by atoms with Gasteiger partial charge in [-0.25, -0.2) is 4.98 Å². The van der Waals surface area contributed by atoms with Gasteiger partial charge >= 0.3 is 0 Å². The molecular formula is C22H24N2O2S2. The summed E-state index contributed by atoms with van der Waals surface area (Å²) >= 11 is 3.04. The first-order chi connectivity index (χ1) is 13.5. The minimum atomic E-state index is 0.0547. The molecule has 3 aromatic rings. The van der Waals surface area contributed by atoms with Crippen molar-refractivity contribution in [3.05, 3.63) is 56.7 Å². The van der Waals surface area contributed by atoms with Crippen LogP contribution >= 0.6 is 23.1 Å². The Hall–Kier alpha value is -1.92. The molecule has 0 fully saturated rings. The molecule has 0 amide bonds. The number of rotatable bonds is 6. The highest BCUT2D eigenvalue weighted by Crippen LogP contribution is 2.36. The van der Waals surface area contributed by atoms with Gasteiger partial charge in [-0.2, -0.15) is 0 Å². The van der Waals surface area contributed by atoms with Gasteiger partial charge in [0.2, 0.25) is 0 Å². The van der Waals surface area contributed by atoms with Crippen molar-refractivity contribution in [3.8, 4) is 0 Å². The van der Waals surface area contributed by atoms with Crippen LogP contribution in [0.1, 0.15) is 36.3 Å². The molecule has 1 aromatic carbocycles. The lowest BCUT2D eigenvalue weighted by Gasteiger charge is -2.17. The van der Waals surface area contributed by atoms with Gasteiger partial charge in [-0.15, -0.1) is 11.3 Å². The topological polar surface area (TPSA) is 52.0 Å². The molecule has 0 radical (unpaired) electrons. The second kappa shape index (κ2) is 8.21. The molecule has 1 aliphatic carbocycles. The fourth-order valence-corrected chi connectivity index (χ4v) is 6.01. The quantitative estimate of drug-likeness (QED) is 0.442. The number of ketones is 1. The zero-order chi connectivity index (χ0) is 19.7. The minimum Gasteiger partial charge on any atom is -0.299 e. The molecule has 0 bridgehead atoms. The van der Waals surface area contributed by atoms with Gasteiger partial charge in [0.15, 0.2) is 5.16 Å². The van der Waals surface area contributed by atoms with E-state index in [4.69, 9.17) is 4.98 Å². The lowest BCUT2D eigenvalue weighted by Crippen LogP contribution is -2.25. The van der Waals surface area contributed by atoms with E-state index < -0.39 is 0 Å². The van der Waals surface area contributed by atoms with Crippen LogP contribution in [0.4, 0.5) is 0 Å². The van der Waals surface area contributed by atoms with Gasteiger partial charge in [0, 0.05) is 11.4 Å². The number of benzene rings is 1. The molecule has 2 aromatic heterocycles. The molecule has 0 spiro atoms. The molecule has 28 heavy (non-hydrogen) atoms. The monoisotopic (exact) mass is 412 g/mol. The van der Waals surface area contributed by atoms with Crippen molar-refractivity contribution in [2.24, 2.45) is 5.92 Å². The summed E-state index contributed by atoms with van der Waals surface area (Å²) < 4.78 is 1.79. The van der Waals surface area contributed by atoms with E-state index in [1.54, 1.807) is 22.8 Å². The molecule has 0 unspecified atom stereocenters. The zero-order valence-electron chi connectivity index (χ0n) is 16.2. The fourth-order valence-electron chi connectivity index (χ4n) is 3.76. The lowest BCUT2D eigenvalue weighted by molar-refractivity contribution is -0.114. The van der Waals surface area contributed by atoms with Crippen LogP contribution in [0.5, 0.6) is 0 Å². The summed E-state index contributed by atoms with van der Waals surface area (Å²) in [5.74, 6) is 1.09. The van der Waals surface area contributed by atoms with Crippen molar-refractivity contribution in [1.29, 1.82) is 0 Å². The fraction of sp³-hybridized carbons (Fsp3) is 0.409. The Bertz CT molecular complexity index is 1070. The van der Waals surface area contributed by atoms with Gasteiger partial charge in [0.25, 0.3) is 5.56 Å². The standard InChI is InChI=1S/C22H24N2O2S2/c1-14-8-9-17-18(12-14)28-20-19(17)21(26)24(22(23-20)27-13-15(2)25)11-10-16-6-4-3-5-7-16/h3-7,14H,8-13H2,1-2H3/t14-/m1/s1. The summed E-state index contributed by atoms with van der Waals surface area (Å²) in [4.78, 5) is 32.0. The first-order valence-corrected chi connectivity index (χ1v) is 11.5. The molecule has 2 heterocycles. The third kappa shape index (κ3) is 3.94. The predicted molar refractivity (Wildman–Crippen MR) is 117 cm³/mol. The SMILES string of the molecule is CC(=O)CSc1nc2sc3c(c2c(=O)n1CCc1ccccc1)CC[C@@H](C)C3. The number of thioether (sulfide) groups is 1. The second-order valence-corrected chi connectivity index (χ2v) is 9.64. The summed E-state index contributed by atoms with van der Waals surface area (Å²) in [6.45, 7) is 4.42. The van der Waals surface area contributed by atoms with E-state index >= 15 is 0 Å². The first kappa shape index (κ1) is 19.4. The van der Waals surface area contributed by atoms with Gasteiger partial charge in [0.1, 0.15) is 10.6 Å². The van der Waals surface area contributed by atoms with Gasteiger partial charge in [-0.3, -0.25) is 14.2 Å². The molecule has 1 atom stereocenters. The average Bonchev–Trinajstić information content (AvgIpc) is 3.04. The van der Waals surface area contributed by atoms with Crippen LogP contribution in [0.25, 0.3) is 10.2 Å². The summed E-state index contributed by atoms with van der Waals surface area (Å²) in [7, 11) is 0. The molecular weight excluding hydrogens is 388 g/mol. The number of fused-ring (bicyclic) bond motifs is 3. The van der Waals surface area contributed by atoms with Gasteiger partial charge in [-0.1, -0.05) is 49.0 Å². The van der Waals surface area contributed by atoms with Crippen LogP contribution in [-0.4, -0.2) is 21.1 Å². The smallest absolute Gasteiger partial charge is 0.263 e. The van der Waals surface area contributed by atoms with Crippen LogP contribution in [0.15, 0.2) is 40.3 Å². The molecule has 0 saturated heterocycles. The van der Waals surface area contributed by atoms with Crippen molar-refractivity contribution in [3.63, 3.8) is 0 Å². The average molecular weight is 413 g/mol. The number of aromatic nitrogens is 2. The number of carbonyl (C=O) groups excluding carboxylic acids is 1. The van der Waals surface area contributed by atoms with Crippen LogP contribution in [0.2, 0.25) is 0 Å². The molecule has 0 N–H and O–H groups in total. The van der Waals surface area contributed by atoms with Crippen molar-refractivity contribution in [2.75, 3.05) is 5.75 Å². The summed E-state index contributed by atoms with van der Waals surface area (Å²) in [5, 5.41) is 1.47. The van der Waals surface area contributed by atoms with E-state index in [0.29, 0.717) is 23.4 Å². The summed E-state index contributed by atoms with van der Waals surface area (Å²) in [6, 6.07) is 10.2. The van der Waals surface area contributed by atoms with Gasteiger partial charge < -0.3 is 0 Å². The van der Waals surface area contributed by atoms with E-state index in [0.717, 1.165) is 35.9 Å². The first-order valence-electron chi connectivity index (χ1n) is 9.74. The number of carbonyl (C=O) groups is 1. The molecule has 0 aliphatic heterocycles. The van der Waals surface area contributed by atoms with Crippen LogP contribution in [0, 0.1) is 5.92 Å². The summed E-state index contributed by atoms with van der Waals surface area (Å²) in [6.07, 6.45) is 3.90. The number of nitrogens with zero attached hydrogens (tertiary/aromatic N) is 2. The summed E-state index contributed by atoms with van der Waals surface area (Å²) in [5.41, 5.74) is 2.46. The minimum absolute atomic E-state index is 0.0547. The van der Waals surface area contributed by atoms with Crippen molar-refractivity contribution < 1.29 is 4.79 Å². The molecule has 4 nitrogen and oxygen atoms in total. The maximum atomic E-state index is 13.5. The number of Topliss-reactive ketones (excluding diaryl/α,β-unsaturated/α-hetero) is 1. The van der Waals surface area contributed by atoms with E-state index in [-0.39, 0.29) is 11.3 Å². The number of hydrogen-bond acceptors (Lipinski definition) is 5. The molecule has 4 rings (SSSR count). The number of thiophene rings is 1. The maximum Gasteiger partial charge on any atom is 0.263 e. The van der Waals surface area contributed by atoms with E-state index in [1.165, 1.54) is 27.8 Å². The predicted octanol–water partition coefficient (Wildman–Crippen LogP) is 4.51. The van der Waals surface area contributed by atoms with E-state index in [9.17, 15) is 9.59 Å². The third-order valence-electron chi connectivity index (χ3n) is 5.25. The molecule has 0 saturated carbocycles. The Morgan fingerprint density at radius 3 is 2.86 bits per heavy atom. The number of aryl methyl sites for hydroxylation is 2. The van der Waals surface area contributed by atoms with Crippen LogP contribution < -0.4 is 5.56 Å². The highest BCUT2D eigenvalue weighted by atomic mass is 32.2.